The Morgan fingerprint density at radius 1 is 1.24 bits per heavy atom. The molecule has 0 atom stereocenters. The predicted molar refractivity (Wildman–Crippen MR) is 82.5 cm³/mol. The monoisotopic (exact) mass is 289 g/mol. The van der Waals surface area contributed by atoms with Gasteiger partial charge >= 0.3 is 0 Å². The van der Waals surface area contributed by atoms with Crippen LogP contribution in [0.3, 0.4) is 0 Å². The van der Waals surface area contributed by atoms with Crippen molar-refractivity contribution >= 4 is 0 Å². The van der Waals surface area contributed by atoms with Crippen LogP contribution in [0.1, 0.15) is 32.2 Å². The molecular weight excluding hydrogens is 266 g/mol. The lowest BCUT2D eigenvalue weighted by Crippen LogP contribution is -2.37. The molecule has 0 aliphatic carbocycles. The lowest BCUT2D eigenvalue weighted by Gasteiger charge is -2.19. The van der Waals surface area contributed by atoms with Crippen molar-refractivity contribution in [2.24, 2.45) is 0 Å². The lowest BCUT2D eigenvalue weighted by atomic mass is 10.1. The molecule has 5 nitrogen and oxygen atoms in total. The molecular formula is C16H23N3O2. The lowest BCUT2D eigenvalue weighted by molar-refractivity contribution is 0.409. The maximum atomic E-state index is 5.71. The summed E-state index contributed by atoms with van der Waals surface area (Å²) in [4.78, 5) is 0. The van der Waals surface area contributed by atoms with Gasteiger partial charge in [0.05, 0.1) is 7.11 Å². The van der Waals surface area contributed by atoms with Crippen molar-refractivity contribution < 1.29 is 9.15 Å². The molecule has 21 heavy (non-hydrogen) atoms. The third-order valence-electron chi connectivity index (χ3n) is 3.12. The third-order valence-corrected chi connectivity index (χ3v) is 3.12. The zero-order valence-electron chi connectivity index (χ0n) is 13.4. The van der Waals surface area contributed by atoms with E-state index in [9.17, 15) is 0 Å². The van der Waals surface area contributed by atoms with E-state index in [2.05, 4.69) is 36.3 Å². The summed E-state index contributed by atoms with van der Waals surface area (Å²) in [5.41, 5.74) is 2.04. The molecule has 0 bridgehead atoms. The van der Waals surface area contributed by atoms with E-state index >= 15 is 0 Å². The minimum absolute atomic E-state index is 0.0905. The summed E-state index contributed by atoms with van der Waals surface area (Å²) >= 11 is 0. The van der Waals surface area contributed by atoms with Gasteiger partial charge in [-0.2, -0.15) is 0 Å². The van der Waals surface area contributed by atoms with Gasteiger partial charge in [0.25, 0.3) is 0 Å². The van der Waals surface area contributed by atoms with Crippen molar-refractivity contribution in [1.82, 2.24) is 15.5 Å². The van der Waals surface area contributed by atoms with Crippen LogP contribution in [0, 0.1) is 6.92 Å². The van der Waals surface area contributed by atoms with E-state index in [4.69, 9.17) is 9.15 Å². The summed E-state index contributed by atoms with van der Waals surface area (Å²) in [6.45, 7) is 9.20. The van der Waals surface area contributed by atoms with Crippen molar-refractivity contribution in [2.45, 2.75) is 39.7 Å². The number of ether oxygens (including phenoxy) is 1. The molecule has 0 saturated carbocycles. The molecule has 0 spiro atoms. The third kappa shape index (κ3) is 4.29. The molecule has 1 N–H and O–H groups in total. The second-order valence-electron chi connectivity index (χ2n) is 6.11. The molecule has 0 radical (unpaired) electrons. The van der Waals surface area contributed by atoms with Crippen LogP contribution in [0.5, 0.6) is 5.75 Å². The van der Waals surface area contributed by atoms with Crippen LogP contribution < -0.4 is 10.1 Å². The fraction of sp³-hybridized carbons (Fsp3) is 0.500. The Morgan fingerprint density at radius 2 is 2.00 bits per heavy atom. The van der Waals surface area contributed by atoms with Crippen LogP contribution >= 0.6 is 0 Å². The molecule has 1 heterocycles. The van der Waals surface area contributed by atoms with Gasteiger partial charge < -0.3 is 14.5 Å². The molecule has 5 heteroatoms. The van der Waals surface area contributed by atoms with Gasteiger partial charge in [0.2, 0.25) is 11.8 Å². The Labute approximate surface area is 125 Å². The van der Waals surface area contributed by atoms with E-state index < -0.39 is 0 Å². The van der Waals surface area contributed by atoms with Gasteiger partial charge in [-0.1, -0.05) is 6.07 Å². The summed E-state index contributed by atoms with van der Waals surface area (Å²) in [6.07, 6.45) is 0.716. The van der Waals surface area contributed by atoms with Crippen LogP contribution in [0.15, 0.2) is 22.6 Å². The average Bonchev–Trinajstić information content (AvgIpc) is 2.86. The number of aryl methyl sites for hydroxylation is 1. The Hall–Kier alpha value is -1.88. The quantitative estimate of drug-likeness (QED) is 0.917. The van der Waals surface area contributed by atoms with Gasteiger partial charge in [0.1, 0.15) is 5.75 Å². The van der Waals surface area contributed by atoms with E-state index in [1.54, 1.807) is 7.11 Å². The van der Waals surface area contributed by atoms with Crippen molar-refractivity contribution in [3.05, 3.63) is 29.7 Å². The SMILES string of the molecule is COc1cc(-c2nnc(CCNC(C)(C)C)o2)ccc1C. The van der Waals surface area contributed by atoms with Gasteiger partial charge in [0, 0.05) is 24.1 Å². The first-order chi connectivity index (χ1) is 9.89. The van der Waals surface area contributed by atoms with Crippen molar-refractivity contribution in [2.75, 3.05) is 13.7 Å². The Bertz CT molecular complexity index is 600. The van der Waals surface area contributed by atoms with E-state index in [0.29, 0.717) is 18.2 Å². The normalized spacial score (nSPS) is 11.7. The van der Waals surface area contributed by atoms with Crippen LogP contribution in [0.4, 0.5) is 0 Å². The zero-order valence-corrected chi connectivity index (χ0v) is 13.4. The van der Waals surface area contributed by atoms with Crippen LogP contribution in [0.25, 0.3) is 11.5 Å². The Balaban J connectivity index is 2.06. The van der Waals surface area contributed by atoms with Crippen LogP contribution in [-0.2, 0) is 6.42 Å². The average molecular weight is 289 g/mol. The molecule has 1 aromatic carbocycles. The highest BCUT2D eigenvalue weighted by atomic mass is 16.5. The van der Waals surface area contributed by atoms with Crippen molar-refractivity contribution in [3.8, 4) is 17.2 Å². The summed E-state index contributed by atoms with van der Waals surface area (Å²) in [6, 6.07) is 5.86. The first-order valence-corrected chi connectivity index (χ1v) is 7.11. The number of hydrogen-bond acceptors (Lipinski definition) is 5. The number of nitrogens with one attached hydrogen (secondary N) is 1. The van der Waals surface area contributed by atoms with E-state index in [1.807, 2.05) is 25.1 Å². The maximum absolute atomic E-state index is 5.71. The number of methoxy groups -OCH3 is 1. The highest BCUT2D eigenvalue weighted by Gasteiger charge is 2.12. The Morgan fingerprint density at radius 3 is 2.67 bits per heavy atom. The summed E-state index contributed by atoms with van der Waals surface area (Å²) in [5.74, 6) is 1.99. The summed E-state index contributed by atoms with van der Waals surface area (Å²) in [7, 11) is 1.66. The maximum Gasteiger partial charge on any atom is 0.247 e. The van der Waals surface area contributed by atoms with Gasteiger partial charge in [-0.05, 0) is 45.4 Å². The molecule has 0 aliphatic heterocycles. The number of hydrogen-bond donors (Lipinski definition) is 1. The Kier molecular flexibility index (Phi) is 4.63. The number of nitrogens with zero attached hydrogens (tertiary/aromatic N) is 2. The zero-order chi connectivity index (χ0) is 15.5. The van der Waals surface area contributed by atoms with Gasteiger partial charge in [0.15, 0.2) is 0 Å². The van der Waals surface area contributed by atoms with Crippen LogP contribution in [0.2, 0.25) is 0 Å². The molecule has 0 aliphatic rings. The topological polar surface area (TPSA) is 60.2 Å². The summed E-state index contributed by atoms with van der Waals surface area (Å²) < 4.78 is 11.0. The van der Waals surface area contributed by atoms with E-state index in [1.165, 1.54) is 0 Å². The highest BCUT2D eigenvalue weighted by molar-refractivity contribution is 5.57. The fourth-order valence-electron chi connectivity index (χ4n) is 1.97. The number of aromatic nitrogens is 2. The molecule has 0 fully saturated rings. The molecule has 2 rings (SSSR count). The summed E-state index contributed by atoms with van der Waals surface area (Å²) in [5, 5.41) is 11.6. The first-order valence-electron chi connectivity index (χ1n) is 7.11. The van der Waals surface area contributed by atoms with Crippen molar-refractivity contribution in [1.29, 1.82) is 0 Å². The molecule has 0 amide bonds. The molecule has 114 valence electrons. The van der Waals surface area contributed by atoms with Crippen LogP contribution in [-0.4, -0.2) is 29.4 Å². The number of rotatable bonds is 5. The smallest absolute Gasteiger partial charge is 0.247 e. The molecule has 2 aromatic rings. The minimum atomic E-state index is 0.0905. The van der Waals surface area contributed by atoms with Gasteiger partial charge in [-0.15, -0.1) is 10.2 Å². The number of benzene rings is 1. The minimum Gasteiger partial charge on any atom is -0.496 e. The standard InChI is InChI=1S/C16H23N3O2/c1-11-6-7-12(10-13(11)20-5)15-19-18-14(21-15)8-9-17-16(2,3)4/h6-7,10,17H,8-9H2,1-5H3. The van der Waals surface area contributed by atoms with E-state index in [-0.39, 0.29) is 5.54 Å². The predicted octanol–water partition coefficient (Wildman–Crippen LogP) is 2.98. The second-order valence-corrected chi connectivity index (χ2v) is 6.11. The molecule has 0 saturated heterocycles. The second kappa shape index (κ2) is 6.26. The highest BCUT2D eigenvalue weighted by Crippen LogP contribution is 2.25. The van der Waals surface area contributed by atoms with E-state index in [0.717, 1.165) is 23.4 Å². The molecule has 1 aromatic heterocycles. The fourth-order valence-corrected chi connectivity index (χ4v) is 1.97. The van der Waals surface area contributed by atoms with Gasteiger partial charge in [-0.25, -0.2) is 0 Å². The first kappa shape index (κ1) is 15.5. The van der Waals surface area contributed by atoms with Gasteiger partial charge in [-0.3, -0.25) is 0 Å². The van der Waals surface area contributed by atoms with Crippen molar-refractivity contribution in [3.63, 3.8) is 0 Å². The molecule has 0 unspecified atom stereocenters. The largest absolute Gasteiger partial charge is 0.496 e.